The molecule has 0 fully saturated rings. The molecule has 0 aliphatic rings. The van der Waals surface area contributed by atoms with E-state index in [1.165, 1.54) is 0 Å². The summed E-state index contributed by atoms with van der Waals surface area (Å²) in [6.07, 6.45) is 0. The molecule has 0 unspecified atom stereocenters. The van der Waals surface area contributed by atoms with Crippen molar-refractivity contribution in [3.8, 4) is 0 Å². The summed E-state index contributed by atoms with van der Waals surface area (Å²) in [5, 5.41) is 0. The zero-order valence-electron chi connectivity index (χ0n) is 2.57. The first-order valence-electron chi connectivity index (χ1n) is 0. The van der Waals surface area contributed by atoms with Gasteiger partial charge < -0.3 is 0 Å². The molecule has 0 N–H and O–H groups in total. The van der Waals surface area contributed by atoms with Crippen LogP contribution in [-0.4, -0.2) is 37.2 Å². The quantitative estimate of drug-likeness (QED) is 0.465. The molecule has 0 aromatic rings. The Morgan fingerprint density at radius 2 is 1.00 bits per heavy atom. The first kappa shape index (κ1) is 34.3. The summed E-state index contributed by atoms with van der Waals surface area (Å²) in [6, 6.07) is 0. The summed E-state index contributed by atoms with van der Waals surface area (Å²) in [4.78, 5) is 0. The molecule has 9 radical (unpaired) electrons. The normalized spacial score (nSPS) is 0. The topological polar surface area (TPSA) is 0 Å². The van der Waals surface area contributed by atoms with Gasteiger partial charge in [0, 0.05) is 133 Å². The molecule has 0 aliphatic carbocycles. The third kappa shape index (κ3) is 17.8. The average molecular weight is 406 g/mol. The third-order valence-corrected chi connectivity index (χ3v) is 0. The van der Waals surface area contributed by atoms with E-state index < -0.39 is 0 Å². The molecular weight excluding hydrogens is 406 g/mol. The van der Waals surface area contributed by atoms with Gasteiger partial charge in [-0.1, -0.05) is 0 Å². The maximum Gasteiger partial charge on any atom is 0 e. The molecule has 0 bridgehead atoms. The maximum absolute atomic E-state index is 0. The summed E-state index contributed by atoms with van der Waals surface area (Å²) in [6.45, 7) is 0. The van der Waals surface area contributed by atoms with E-state index in [0.29, 0.717) is 0 Å². The molecule has 0 spiro atoms. The van der Waals surface area contributed by atoms with Gasteiger partial charge >= 0.3 is 0 Å². The van der Waals surface area contributed by atoms with Crippen LogP contribution in [0.5, 0.6) is 0 Å². The fourth-order valence-electron chi connectivity index (χ4n) is 0. The first-order valence-corrected chi connectivity index (χ1v) is 0. The molecule has 5 heavy (non-hydrogen) atoms. The maximum atomic E-state index is 0. The molecule has 0 atom stereocenters. The fourth-order valence-corrected chi connectivity index (χ4v) is 0. The second-order valence-corrected chi connectivity index (χ2v) is 0. The Morgan fingerprint density at radius 1 is 1.00 bits per heavy atom. The van der Waals surface area contributed by atoms with E-state index in [1.54, 1.807) is 0 Å². The van der Waals surface area contributed by atoms with Gasteiger partial charge in [0.25, 0.3) is 0 Å². The number of hydrogen-bond donors (Lipinski definition) is 0. The van der Waals surface area contributed by atoms with Gasteiger partial charge in [-0.2, -0.15) is 0 Å². The van der Waals surface area contributed by atoms with Gasteiger partial charge in [-0.15, -0.1) is 0 Å². The van der Waals surface area contributed by atoms with Crippen molar-refractivity contribution in [1.82, 2.24) is 0 Å². The van der Waals surface area contributed by atoms with E-state index in [1.807, 2.05) is 0 Å². The van der Waals surface area contributed by atoms with Crippen molar-refractivity contribution in [3.05, 3.63) is 0 Å². The van der Waals surface area contributed by atoms with Crippen molar-refractivity contribution in [2.24, 2.45) is 0 Å². The van der Waals surface area contributed by atoms with Crippen LogP contribution in [0.3, 0.4) is 0 Å². The Balaban J connectivity index is 0. The fraction of sp³-hybridized carbons (Fsp3) is 0. The second kappa shape index (κ2) is 23.8. The van der Waals surface area contributed by atoms with Crippen LogP contribution in [0.2, 0.25) is 0 Å². The van der Waals surface area contributed by atoms with Gasteiger partial charge in [-0.05, 0) is 0 Å². The zero-order chi connectivity index (χ0) is 0. The minimum Gasteiger partial charge on any atom is 0 e. The summed E-state index contributed by atoms with van der Waals surface area (Å²) >= 11 is 0. The van der Waals surface area contributed by atoms with Crippen molar-refractivity contribution in [1.29, 1.82) is 0 Å². The van der Waals surface area contributed by atoms with Crippen molar-refractivity contribution >= 4 is 37.2 Å². The summed E-state index contributed by atoms with van der Waals surface area (Å²) in [5.41, 5.74) is 0. The largest absolute Gasteiger partial charge is 0 e. The van der Waals surface area contributed by atoms with Gasteiger partial charge in [0.05, 0.1) is 0 Å². The molecular formula is AlGaLuScY. The van der Waals surface area contributed by atoms with Crippen LogP contribution in [0.25, 0.3) is 0 Å². The molecule has 0 aromatic carbocycles. The van der Waals surface area contributed by atoms with Crippen LogP contribution in [0, 0.1) is 36.9 Å². The summed E-state index contributed by atoms with van der Waals surface area (Å²) in [5.74, 6) is 0. The zero-order valence-corrected chi connectivity index (χ0v) is 12.4. The van der Waals surface area contributed by atoms with Crippen LogP contribution in [0.4, 0.5) is 0 Å². The summed E-state index contributed by atoms with van der Waals surface area (Å²) < 4.78 is 0. The number of rotatable bonds is 0. The minimum absolute atomic E-state index is 0. The molecule has 0 saturated carbocycles. The molecule has 0 saturated heterocycles. The predicted octanol–water partition coefficient (Wildman–Crippen LogP) is -0.767. The van der Waals surface area contributed by atoms with Crippen LogP contribution in [0.15, 0.2) is 0 Å². The van der Waals surface area contributed by atoms with Crippen molar-refractivity contribution < 1.29 is 95.4 Å². The molecule has 5 heteroatoms. The standard InChI is InChI=1S/Al.Ga.Lu.Sc.Y. The van der Waals surface area contributed by atoms with Crippen LogP contribution < -0.4 is 0 Å². The third-order valence-electron chi connectivity index (χ3n) is 0. The predicted molar refractivity (Wildman–Crippen MR) is 11.5 cm³/mol. The number of hydrogen-bond acceptors (Lipinski definition) is 0. The van der Waals surface area contributed by atoms with Crippen molar-refractivity contribution in [2.45, 2.75) is 0 Å². The average Bonchev–Trinajstić information content (AvgIpc) is 0. The molecule has 0 aliphatic heterocycles. The smallest absolute Gasteiger partial charge is 0 e. The second-order valence-electron chi connectivity index (χ2n) is 0. The summed E-state index contributed by atoms with van der Waals surface area (Å²) in [7, 11) is 0. The monoisotopic (exact) mass is 405 g/mol. The molecule has 0 heterocycles. The molecule has 27 valence electrons. The van der Waals surface area contributed by atoms with Crippen molar-refractivity contribution in [2.75, 3.05) is 0 Å². The van der Waals surface area contributed by atoms with E-state index in [2.05, 4.69) is 0 Å². The van der Waals surface area contributed by atoms with Crippen LogP contribution in [0.1, 0.15) is 0 Å². The van der Waals surface area contributed by atoms with E-state index in [9.17, 15) is 0 Å². The SMILES string of the molecule is [Al].[Ga].[Lu].[Sc].[Y]. The molecule has 0 aromatic heterocycles. The Kier molecular flexibility index (Phi) is 163. The van der Waals surface area contributed by atoms with E-state index in [0.717, 1.165) is 0 Å². The van der Waals surface area contributed by atoms with Gasteiger partial charge in [0.2, 0.25) is 0 Å². The molecule has 0 amide bonds. The van der Waals surface area contributed by atoms with Gasteiger partial charge in [0.15, 0.2) is 0 Å². The molecule has 0 nitrogen and oxygen atoms in total. The van der Waals surface area contributed by atoms with Gasteiger partial charge in [0.1, 0.15) is 0 Å². The van der Waals surface area contributed by atoms with E-state index >= 15 is 0 Å². The van der Waals surface area contributed by atoms with E-state index in [4.69, 9.17) is 0 Å². The Bertz CT molecular complexity index is 11.6. The van der Waals surface area contributed by atoms with Gasteiger partial charge in [-0.3, -0.25) is 0 Å². The van der Waals surface area contributed by atoms with Crippen LogP contribution >= 0.6 is 0 Å². The van der Waals surface area contributed by atoms with E-state index in [-0.39, 0.29) is 133 Å². The van der Waals surface area contributed by atoms with Gasteiger partial charge in [-0.25, -0.2) is 0 Å². The van der Waals surface area contributed by atoms with Crippen molar-refractivity contribution in [3.63, 3.8) is 0 Å². The van der Waals surface area contributed by atoms with Crippen LogP contribution in [-0.2, 0) is 58.6 Å². The molecule has 0 rings (SSSR count). The first-order chi connectivity index (χ1) is 0. The Morgan fingerprint density at radius 3 is 1.00 bits per heavy atom. The Hall–Kier alpha value is 4.38. The minimum atomic E-state index is 0. The Labute approximate surface area is 129 Å².